The van der Waals surface area contributed by atoms with Gasteiger partial charge in [-0.2, -0.15) is 5.10 Å². The van der Waals surface area contributed by atoms with Gasteiger partial charge in [0.2, 0.25) is 4.77 Å². The quantitative estimate of drug-likeness (QED) is 0.242. The van der Waals surface area contributed by atoms with Gasteiger partial charge in [0.1, 0.15) is 12.3 Å². The summed E-state index contributed by atoms with van der Waals surface area (Å²) in [5.74, 6) is 1.41. The van der Waals surface area contributed by atoms with Gasteiger partial charge >= 0.3 is 0 Å². The number of aryl methyl sites for hydroxylation is 2. The highest BCUT2D eigenvalue weighted by molar-refractivity contribution is 7.71. The average molecular weight is 473 g/mol. The van der Waals surface area contributed by atoms with E-state index >= 15 is 0 Å². The number of Topliss-reactive ketones (excluding diaryl/α,β-unsaturated/α-hetero) is 1. The Bertz CT molecular complexity index is 1340. The van der Waals surface area contributed by atoms with Crippen LogP contribution in [0, 0.1) is 18.6 Å². The number of anilines is 1. The number of carbonyl (C=O) groups excluding carboxylic acids is 1. The van der Waals surface area contributed by atoms with Crippen LogP contribution in [0.2, 0.25) is 0 Å². The number of carbonyl (C=O) groups is 1. The van der Waals surface area contributed by atoms with E-state index in [0.29, 0.717) is 23.5 Å². The van der Waals surface area contributed by atoms with Crippen LogP contribution >= 0.6 is 12.2 Å². The Hall–Kier alpha value is -3.71. The number of hydrogen-bond donors (Lipinski definition) is 1. The standard InChI is InChI=1S/C27H28N4O2S/c1-4-33-23-15-11-21(12-16-23)25(32)18-30-27(34)31(24-8-6-5-7-20(24)3)26(29-30)17-28-22-13-9-19(2)10-14-22/h5-16,28H,4,17-18H2,1-3H3. The summed E-state index contributed by atoms with van der Waals surface area (Å²) in [4.78, 5) is 13.0. The molecule has 0 saturated heterocycles. The Balaban J connectivity index is 1.64. The van der Waals surface area contributed by atoms with E-state index in [1.807, 2.05) is 54.8 Å². The van der Waals surface area contributed by atoms with Crippen LogP contribution in [0.15, 0.2) is 72.8 Å². The molecule has 0 fully saturated rings. The lowest BCUT2D eigenvalue weighted by Gasteiger charge is -2.11. The molecule has 3 aromatic carbocycles. The molecule has 4 rings (SSSR count). The van der Waals surface area contributed by atoms with Crippen LogP contribution in [-0.4, -0.2) is 26.7 Å². The predicted octanol–water partition coefficient (Wildman–Crippen LogP) is 5.91. The second-order valence-electron chi connectivity index (χ2n) is 8.08. The summed E-state index contributed by atoms with van der Waals surface area (Å²) in [6.07, 6.45) is 0. The average Bonchev–Trinajstić information content (AvgIpc) is 3.14. The summed E-state index contributed by atoms with van der Waals surface area (Å²) in [6, 6.07) is 23.4. The van der Waals surface area contributed by atoms with Crippen LogP contribution in [0.5, 0.6) is 5.75 Å². The number of hydrogen-bond acceptors (Lipinski definition) is 5. The second kappa shape index (κ2) is 10.5. The van der Waals surface area contributed by atoms with E-state index in [9.17, 15) is 4.79 Å². The van der Waals surface area contributed by atoms with Crippen molar-refractivity contribution in [2.45, 2.75) is 33.9 Å². The lowest BCUT2D eigenvalue weighted by molar-refractivity contribution is 0.0967. The summed E-state index contributed by atoms with van der Waals surface area (Å²) in [5.41, 5.74) is 4.81. The molecule has 0 unspecified atom stereocenters. The first-order valence-corrected chi connectivity index (χ1v) is 11.7. The fourth-order valence-electron chi connectivity index (χ4n) is 3.71. The molecule has 0 aliphatic heterocycles. The van der Waals surface area contributed by atoms with Crippen LogP contribution in [0.4, 0.5) is 5.69 Å². The first-order chi connectivity index (χ1) is 16.5. The van der Waals surface area contributed by atoms with Gasteiger partial charge in [-0.3, -0.25) is 9.36 Å². The lowest BCUT2D eigenvalue weighted by Crippen LogP contribution is -2.12. The molecule has 0 amide bonds. The van der Waals surface area contributed by atoms with Crippen LogP contribution < -0.4 is 10.1 Å². The van der Waals surface area contributed by atoms with Gasteiger partial charge in [0, 0.05) is 11.3 Å². The third-order valence-corrected chi connectivity index (χ3v) is 5.94. The number of ketones is 1. The molecule has 0 aliphatic rings. The number of ether oxygens (including phenoxy) is 1. The molecule has 0 spiro atoms. The third kappa shape index (κ3) is 5.26. The van der Waals surface area contributed by atoms with Crippen molar-refractivity contribution in [2.24, 2.45) is 0 Å². The van der Waals surface area contributed by atoms with E-state index in [2.05, 4.69) is 24.4 Å². The fourth-order valence-corrected chi connectivity index (χ4v) is 4.02. The molecule has 0 aliphatic carbocycles. The third-order valence-electron chi connectivity index (χ3n) is 5.55. The molecule has 0 bridgehead atoms. The van der Waals surface area contributed by atoms with Crippen molar-refractivity contribution in [2.75, 3.05) is 11.9 Å². The fraction of sp³-hybridized carbons (Fsp3) is 0.222. The topological polar surface area (TPSA) is 61.1 Å². The van der Waals surface area contributed by atoms with E-state index in [4.69, 9.17) is 22.1 Å². The Morgan fingerprint density at radius 3 is 2.38 bits per heavy atom. The zero-order chi connectivity index (χ0) is 24.1. The minimum Gasteiger partial charge on any atom is -0.494 e. The molecule has 0 radical (unpaired) electrons. The first-order valence-electron chi connectivity index (χ1n) is 11.3. The molecule has 0 saturated carbocycles. The van der Waals surface area contributed by atoms with Crippen molar-refractivity contribution >= 4 is 23.7 Å². The lowest BCUT2D eigenvalue weighted by atomic mass is 10.1. The maximum absolute atomic E-state index is 13.0. The number of rotatable bonds is 9. The van der Waals surface area contributed by atoms with E-state index < -0.39 is 0 Å². The van der Waals surface area contributed by atoms with Crippen LogP contribution in [0.3, 0.4) is 0 Å². The van der Waals surface area contributed by atoms with Gasteiger partial charge in [0.05, 0.1) is 18.8 Å². The maximum Gasteiger partial charge on any atom is 0.203 e. The Morgan fingerprint density at radius 2 is 1.71 bits per heavy atom. The van der Waals surface area contributed by atoms with Gasteiger partial charge in [-0.05, 0) is 81.0 Å². The second-order valence-corrected chi connectivity index (χ2v) is 8.44. The monoisotopic (exact) mass is 472 g/mol. The van der Waals surface area contributed by atoms with Crippen molar-refractivity contribution in [3.05, 3.63) is 100 Å². The normalized spacial score (nSPS) is 10.8. The molecule has 174 valence electrons. The van der Waals surface area contributed by atoms with Crippen molar-refractivity contribution < 1.29 is 9.53 Å². The molecule has 1 aromatic heterocycles. The molecule has 1 N–H and O–H groups in total. The molecule has 34 heavy (non-hydrogen) atoms. The largest absolute Gasteiger partial charge is 0.494 e. The number of para-hydroxylation sites is 1. The van der Waals surface area contributed by atoms with Gasteiger partial charge in [0.15, 0.2) is 11.6 Å². The van der Waals surface area contributed by atoms with E-state index in [1.54, 1.807) is 28.9 Å². The Labute approximate surface area is 204 Å². The molecular formula is C27H28N4O2S. The first kappa shape index (κ1) is 23.4. The van der Waals surface area contributed by atoms with Gasteiger partial charge in [-0.15, -0.1) is 0 Å². The summed E-state index contributed by atoms with van der Waals surface area (Å²) in [5, 5.41) is 8.16. The Morgan fingerprint density at radius 1 is 1.00 bits per heavy atom. The van der Waals surface area contributed by atoms with Crippen LogP contribution in [-0.2, 0) is 13.1 Å². The van der Waals surface area contributed by atoms with Crippen molar-refractivity contribution in [3.8, 4) is 11.4 Å². The maximum atomic E-state index is 13.0. The van der Waals surface area contributed by atoms with Gasteiger partial charge in [-0.25, -0.2) is 4.68 Å². The van der Waals surface area contributed by atoms with Gasteiger partial charge < -0.3 is 10.1 Å². The minimum atomic E-state index is -0.0633. The molecule has 6 nitrogen and oxygen atoms in total. The summed E-state index contributed by atoms with van der Waals surface area (Å²) < 4.78 is 9.50. The number of nitrogens with zero attached hydrogens (tertiary/aromatic N) is 3. The molecular weight excluding hydrogens is 444 g/mol. The number of benzene rings is 3. The molecule has 0 atom stereocenters. The molecule has 7 heteroatoms. The number of nitrogens with one attached hydrogen (secondary N) is 1. The van der Waals surface area contributed by atoms with E-state index in [-0.39, 0.29) is 12.3 Å². The molecule has 4 aromatic rings. The van der Waals surface area contributed by atoms with Crippen molar-refractivity contribution in [3.63, 3.8) is 0 Å². The van der Waals surface area contributed by atoms with Gasteiger partial charge in [0.25, 0.3) is 0 Å². The summed E-state index contributed by atoms with van der Waals surface area (Å²) >= 11 is 5.79. The van der Waals surface area contributed by atoms with E-state index in [0.717, 1.165) is 28.5 Å². The van der Waals surface area contributed by atoms with Crippen LogP contribution in [0.25, 0.3) is 5.69 Å². The SMILES string of the molecule is CCOc1ccc(C(=O)Cn2nc(CNc3ccc(C)cc3)n(-c3ccccc3C)c2=S)cc1. The van der Waals surface area contributed by atoms with E-state index in [1.165, 1.54) is 5.56 Å². The van der Waals surface area contributed by atoms with Crippen molar-refractivity contribution in [1.82, 2.24) is 14.3 Å². The summed E-state index contributed by atoms with van der Waals surface area (Å²) in [6.45, 7) is 7.13. The smallest absolute Gasteiger partial charge is 0.203 e. The molecule has 1 heterocycles. The van der Waals surface area contributed by atoms with Gasteiger partial charge in [-0.1, -0.05) is 35.9 Å². The predicted molar refractivity (Wildman–Crippen MR) is 138 cm³/mol. The summed E-state index contributed by atoms with van der Waals surface area (Å²) in [7, 11) is 0. The number of aromatic nitrogens is 3. The minimum absolute atomic E-state index is 0.0588. The zero-order valence-electron chi connectivity index (χ0n) is 19.6. The highest BCUT2D eigenvalue weighted by Crippen LogP contribution is 2.19. The highest BCUT2D eigenvalue weighted by atomic mass is 32.1. The zero-order valence-corrected chi connectivity index (χ0v) is 20.4. The highest BCUT2D eigenvalue weighted by Gasteiger charge is 2.17. The van der Waals surface area contributed by atoms with Crippen LogP contribution in [0.1, 0.15) is 34.2 Å². The Kier molecular flexibility index (Phi) is 7.23. The van der Waals surface area contributed by atoms with Crippen molar-refractivity contribution in [1.29, 1.82) is 0 Å².